The lowest BCUT2D eigenvalue weighted by Gasteiger charge is -2.35. The van der Waals surface area contributed by atoms with Crippen molar-refractivity contribution in [3.63, 3.8) is 0 Å². The molecule has 5 heteroatoms. The van der Waals surface area contributed by atoms with Gasteiger partial charge in [0.2, 0.25) is 0 Å². The molecule has 1 aliphatic rings. The van der Waals surface area contributed by atoms with Crippen LogP contribution in [0.4, 0.5) is 8.78 Å². The van der Waals surface area contributed by atoms with Crippen LogP contribution < -0.4 is 0 Å². The number of aryl methyl sites for hydroxylation is 2. The Morgan fingerprint density at radius 1 is 1.37 bits per heavy atom. The van der Waals surface area contributed by atoms with E-state index in [0.29, 0.717) is 18.4 Å². The van der Waals surface area contributed by atoms with Gasteiger partial charge in [0, 0.05) is 30.3 Å². The van der Waals surface area contributed by atoms with Crippen molar-refractivity contribution in [3.05, 3.63) is 53.4 Å². The van der Waals surface area contributed by atoms with Crippen LogP contribution in [0, 0.1) is 6.92 Å². The quantitative estimate of drug-likeness (QED) is 0.552. The van der Waals surface area contributed by atoms with Crippen molar-refractivity contribution >= 4 is 11.3 Å². The fourth-order valence-electron chi connectivity index (χ4n) is 4.12. The van der Waals surface area contributed by atoms with E-state index in [2.05, 4.69) is 11.3 Å². The number of carbonyl (C=O) groups is 1. The lowest BCUT2D eigenvalue weighted by molar-refractivity contribution is -0.122. The third-order valence-corrected chi connectivity index (χ3v) is 5.38. The molecule has 0 aliphatic heterocycles. The molecule has 1 unspecified atom stereocenters. The van der Waals surface area contributed by atoms with Crippen LogP contribution in [0.5, 0.6) is 0 Å². The Labute approximate surface area is 158 Å². The maximum absolute atomic E-state index is 13.6. The fraction of sp³-hybridized carbons (Fsp3) is 0.500. The van der Waals surface area contributed by atoms with E-state index in [0.717, 1.165) is 29.6 Å². The number of carbonyl (C=O) groups excluding carboxylic acids is 1. The number of fused-ring (bicyclic) bond motifs is 1. The Balaban J connectivity index is 1.81. The van der Waals surface area contributed by atoms with Gasteiger partial charge in [0.15, 0.2) is 5.78 Å². The molecule has 146 valence electrons. The molecule has 0 bridgehead atoms. The summed E-state index contributed by atoms with van der Waals surface area (Å²) >= 11 is 0. The minimum Gasteiger partial charge on any atom is -0.389 e. The number of ketones is 1. The average Bonchev–Trinajstić information content (AvgIpc) is 2.94. The number of aliphatic hydroxyl groups is 1. The van der Waals surface area contributed by atoms with E-state index in [1.165, 1.54) is 6.08 Å². The number of aromatic nitrogens is 1. The van der Waals surface area contributed by atoms with Gasteiger partial charge in [0.05, 0.1) is 11.1 Å². The second-order valence-electron chi connectivity index (χ2n) is 7.79. The van der Waals surface area contributed by atoms with Crippen molar-refractivity contribution in [1.82, 2.24) is 4.40 Å². The number of rotatable bonds is 6. The Kier molecular flexibility index (Phi) is 5.52. The fourth-order valence-corrected chi connectivity index (χ4v) is 4.12. The molecule has 0 amide bonds. The molecular weight excluding hydrogens is 348 g/mol. The zero-order valence-electron chi connectivity index (χ0n) is 16.0. The zero-order chi connectivity index (χ0) is 19.7. The molecule has 0 radical (unpaired) electrons. The summed E-state index contributed by atoms with van der Waals surface area (Å²) in [5.74, 6) is -2.98. The molecule has 0 saturated heterocycles. The molecule has 3 nitrogen and oxygen atoms in total. The molecule has 1 saturated carbocycles. The number of nitrogens with zero attached hydrogens (tertiary/aromatic N) is 1. The first kappa shape index (κ1) is 19.7. The summed E-state index contributed by atoms with van der Waals surface area (Å²) in [4.78, 5) is 12.8. The number of alkyl halides is 2. The van der Waals surface area contributed by atoms with Crippen LogP contribution in [-0.2, 0) is 6.42 Å². The first-order valence-electron chi connectivity index (χ1n) is 9.65. The van der Waals surface area contributed by atoms with Crippen molar-refractivity contribution in [2.75, 3.05) is 0 Å². The predicted octanol–water partition coefficient (Wildman–Crippen LogP) is 5.27. The van der Waals surface area contributed by atoms with Gasteiger partial charge in [0.1, 0.15) is 0 Å². The number of halogens is 2. The Bertz CT molecular complexity index is 869. The molecule has 3 rings (SSSR count). The van der Waals surface area contributed by atoms with Gasteiger partial charge >= 0.3 is 0 Å². The highest BCUT2D eigenvalue weighted by atomic mass is 19.3. The molecule has 0 spiro atoms. The zero-order valence-corrected chi connectivity index (χ0v) is 16.0. The molecule has 2 aromatic heterocycles. The van der Waals surface area contributed by atoms with E-state index < -0.39 is 17.9 Å². The standard InChI is InChI=1S/C22H27F2NO2/c1-3-7-17-14-18(20-16(2)8-5-13-25(17)20)19(26)9-4-10-21(27)11-6-12-22(23,24)15-21/h4-5,8-9,13-14,27H,3,6-7,10-12,15H2,1-2H3/b9-4+. The first-order chi connectivity index (χ1) is 12.7. The summed E-state index contributed by atoms with van der Waals surface area (Å²) in [6.45, 7) is 4.07. The summed E-state index contributed by atoms with van der Waals surface area (Å²) in [6, 6.07) is 5.85. The monoisotopic (exact) mass is 375 g/mol. The number of pyridine rings is 1. The maximum Gasteiger partial charge on any atom is 0.250 e. The van der Waals surface area contributed by atoms with Gasteiger partial charge in [-0.05, 0) is 56.4 Å². The van der Waals surface area contributed by atoms with Gasteiger partial charge in [-0.15, -0.1) is 0 Å². The topological polar surface area (TPSA) is 41.7 Å². The Hall–Kier alpha value is -2.01. The molecule has 1 fully saturated rings. The maximum atomic E-state index is 13.6. The molecular formula is C22H27F2NO2. The molecule has 1 N–H and O–H groups in total. The van der Waals surface area contributed by atoms with Crippen molar-refractivity contribution in [2.45, 2.75) is 70.3 Å². The van der Waals surface area contributed by atoms with E-state index in [-0.39, 0.29) is 18.6 Å². The summed E-state index contributed by atoms with van der Waals surface area (Å²) in [5.41, 5.74) is 2.18. The summed E-state index contributed by atoms with van der Waals surface area (Å²) < 4.78 is 29.2. The number of hydrogen-bond acceptors (Lipinski definition) is 2. The average molecular weight is 375 g/mol. The highest BCUT2D eigenvalue weighted by Crippen LogP contribution is 2.41. The van der Waals surface area contributed by atoms with Gasteiger partial charge < -0.3 is 9.51 Å². The Morgan fingerprint density at radius 3 is 2.85 bits per heavy atom. The molecule has 0 aromatic carbocycles. The summed E-state index contributed by atoms with van der Waals surface area (Å²) in [6.07, 6.45) is 6.78. The number of allylic oxidation sites excluding steroid dienone is 1. The molecule has 2 heterocycles. The van der Waals surface area contributed by atoms with Crippen LogP contribution in [-0.4, -0.2) is 26.8 Å². The Morgan fingerprint density at radius 2 is 2.15 bits per heavy atom. The lowest BCUT2D eigenvalue weighted by Crippen LogP contribution is -2.40. The molecule has 2 aromatic rings. The van der Waals surface area contributed by atoms with Crippen molar-refractivity contribution in [1.29, 1.82) is 0 Å². The van der Waals surface area contributed by atoms with Gasteiger partial charge in [-0.1, -0.05) is 25.5 Å². The lowest BCUT2D eigenvalue weighted by atomic mass is 9.80. The van der Waals surface area contributed by atoms with Crippen molar-refractivity contribution < 1.29 is 18.7 Å². The largest absolute Gasteiger partial charge is 0.389 e. The number of hydrogen-bond donors (Lipinski definition) is 1. The van der Waals surface area contributed by atoms with Crippen LogP contribution in [0.15, 0.2) is 36.5 Å². The third-order valence-electron chi connectivity index (χ3n) is 5.38. The minimum absolute atomic E-state index is 0.0704. The first-order valence-corrected chi connectivity index (χ1v) is 9.65. The van der Waals surface area contributed by atoms with Crippen LogP contribution in [0.25, 0.3) is 5.52 Å². The van der Waals surface area contributed by atoms with E-state index in [9.17, 15) is 18.7 Å². The predicted molar refractivity (Wildman–Crippen MR) is 103 cm³/mol. The second kappa shape index (κ2) is 7.55. The van der Waals surface area contributed by atoms with Crippen LogP contribution in [0.1, 0.15) is 67.1 Å². The summed E-state index contributed by atoms with van der Waals surface area (Å²) in [5, 5.41) is 10.4. The minimum atomic E-state index is -2.82. The third kappa shape index (κ3) is 4.29. The van der Waals surface area contributed by atoms with Gasteiger partial charge in [0.25, 0.3) is 5.92 Å². The van der Waals surface area contributed by atoms with E-state index in [4.69, 9.17) is 0 Å². The van der Waals surface area contributed by atoms with Crippen LogP contribution in [0.3, 0.4) is 0 Å². The highest BCUT2D eigenvalue weighted by Gasteiger charge is 2.43. The second-order valence-corrected chi connectivity index (χ2v) is 7.79. The SMILES string of the molecule is CCCc1cc(C(=O)/C=C/CC2(O)CCCC(F)(F)C2)c2c(C)cccn12. The van der Waals surface area contributed by atoms with Gasteiger partial charge in [-0.2, -0.15) is 0 Å². The highest BCUT2D eigenvalue weighted by molar-refractivity contribution is 6.10. The normalized spacial score (nSPS) is 22.6. The van der Waals surface area contributed by atoms with E-state index in [1.54, 1.807) is 6.08 Å². The van der Waals surface area contributed by atoms with Crippen molar-refractivity contribution in [3.8, 4) is 0 Å². The molecule has 1 atom stereocenters. The smallest absolute Gasteiger partial charge is 0.250 e. The van der Waals surface area contributed by atoms with Crippen LogP contribution >= 0.6 is 0 Å². The van der Waals surface area contributed by atoms with Crippen molar-refractivity contribution in [2.24, 2.45) is 0 Å². The molecule has 27 heavy (non-hydrogen) atoms. The molecule has 1 aliphatic carbocycles. The van der Waals surface area contributed by atoms with Crippen LogP contribution in [0.2, 0.25) is 0 Å². The summed E-state index contributed by atoms with van der Waals surface area (Å²) in [7, 11) is 0. The van der Waals surface area contributed by atoms with E-state index >= 15 is 0 Å². The van der Waals surface area contributed by atoms with E-state index in [1.807, 2.05) is 31.3 Å². The van der Waals surface area contributed by atoms with Gasteiger partial charge in [-0.25, -0.2) is 8.78 Å². The van der Waals surface area contributed by atoms with Gasteiger partial charge in [-0.3, -0.25) is 4.79 Å².